The van der Waals surface area contributed by atoms with Crippen LogP contribution in [0.25, 0.3) is 0 Å². The van der Waals surface area contributed by atoms with Gasteiger partial charge >= 0.3 is 5.82 Å². The minimum atomic E-state index is 0.775. The molecule has 0 unspecified atom stereocenters. The second kappa shape index (κ2) is 1.95. The van der Waals surface area contributed by atoms with E-state index >= 15 is 0 Å². The molecule has 0 bridgehead atoms. The van der Waals surface area contributed by atoms with E-state index in [1.54, 1.807) is 10.9 Å². The number of hydrogen-bond acceptors (Lipinski definition) is 3. The largest absolute Gasteiger partial charge is 0.312 e. The minimum Gasteiger partial charge on any atom is -0.222 e. The number of aromatic nitrogens is 2. The van der Waals surface area contributed by atoms with Crippen LogP contribution in [0.2, 0.25) is 0 Å². The van der Waals surface area contributed by atoms with Gasteiger partial charge in [-0.3, -0.25) is 0 Å². The Labute approximate surface area is 64.0 Å². The van der Waals surface area contributed by atoms with E-state index in [0.29, 0.717) is 0 Å². The Morgan fingerprint density at radius 3 is 3.00 bits per heavy atom. The summed E-state index contributed by atoms with van der Waals surface area (Å²) in [4.78, 5) is 12.1. The van der Waals surface area contributed by atoms with Gasteiger partial charge in [0, 0.05) is 6.72 Å². The quantitative estimate of drug-likeness (QED) is 0.509. The molecule has 11 heavy (non-hydrogen) atoms. The minimum absolute atomic E-state index is 0.775. The summed E-state index contributed by atoms with van der Waals surface area (Å²) >= 11 is 0. The number of rotatable bonds is 0. The molecule has 0 spiro atoms. The van der Waals surface area contributed by atoms with Gasteiger partial charge in [0.25, 0.3) is 0 Å². The van der Waals surface area contributed by atoms with Gasteiger partial charge in [-0.2, -0.15) is 0 Å². The van der Waals surface area contributed by atoms with E-state index in [1.807, 2.05) is 6.92 Å². The van der Waals surface area contributed by atoms with Crippen LogP contribution in [0, 0.1) is 6.92 Å². The smallest absolute Gasteiger partial charge is 0.222 e. The highest BCUT2D eigenvalue weighted by Gasteiger charge is 2.22. The molecule has 0 atom stereocenters. The van der Waals surface area contributed by atoms with Crippen molar-refractivity contribution in [2.24, 2.45) is 4.99 Å². The fourth-order valence-electron chi connectivity index (χ4n) is 0.998. The second-order valence-corrected chi connectivity index (χ2v) is 2.35. The van der Waals surface area contributed by atoms with Crippen molar-refractivity contribution in [3.8, 4) is 0 Å². The van der Waals surface area contributed by atoms with Crippen LogP contribution >= 0.6 is 0 Å². The molecular weight excluding hydrogens is 140 g/mol. The van der Waals surface area contributed by atoms with Crippen LogP contribution in [0.15, 0.2) is 11.3 Å². The molecule has 4 nitrogen and oxygen atoms in total. The zero-order chi connectivity index (χ0) is 7.84. The lowest BCUT2D eigenvalue weighted by Gasteiger charge is -1.90. The van der Waals surface area contributed by atoms with Gasteiger partial charge in [0.1, 0.15) is 0 Å². The van der Waals surface area contributed by atoms with Crippen molar-refractivity contribution in [3.63, 3.8) is 0 Å². The van der Waals surface area contributed by atoms with Gasteiger partial charge in [0.2, 0.25) is 12.0 Å². The van der Waals surface area contributed by atoms with Crippen molar-refractivity contribution in [1.82, 2.24) is 9.97 Å². The number of aliphatic imine (C=N–C) groups is 1. The van der Waals surface area contributed by atoms with E-state index in [0.717, 1.165) is 17.2 Å². The summed E-state index contributed by atoms with van der Waals surface area (Å²) in [5, 5.41) is 0. The van der Waals surface area contributed by atoms with Crippen molar-refractivity contribution < 1.29 is 4.58 Å². The molecule has 0 saturated heterocycles. The van der Waals surface area contributed by atoms with Gasteiger partial charge in [-0.05, 0) is 6.92 Å². The van der Waals surface area contributed by atoms with Crippen molar-refractivity contribution in [2.45, 2.75) is 6.92 Å². The predicted octanol–water partition coefficient (Wildman–Crippen LogP) is 0.803. The zero-order valence-electron chi connectivity index (χ0n) is 6.15. The Morgan fingerprint density at radius 2 is 2.27 bits per heavy atom. The highest BCUT2D eigenvalue weighted by Crippen LogP contribution is 2.29. The maximum atomic E-state index is 4.09. The van der Waals surface area contributed by atoms with Gasteiger partial charge in [0.15, 0.2) is 6.33 Å². The first-order valence-corrected chi connectivity index (χ1v) is 3.24. The maximum absolute atomic E-state index is 4.09. The highest BCUT2D eigenvalue weighted by molar-refractivity contribution is 5.72. The molecule has 0 aromatic carbocycles. The fourth-order valence-corrected chi connectivity index (χ4v) is 0.998. The van der Waals surface area contributed by atoms with E-state index in [2.05, 4.69) is 21.7 Å². The Hall–Kier alpha value is -1.58. The highest BCUT2D eigenvalue weighted by atomic mass is 15.2. The van der Waals surface area contributed by atoms with Crippen LogP contribution in [0.1, 0.15) is 5.69 Å². The van der Waals surface area contributed by atoms with Crippen molar-refractivity contribution in [1.29, 1.82) is 0 Å². The van der Waals surface area contributed by atoms with E-state index in [1.165, 1.54) is 6.33 Å². The van der Waals surface area contributed by atoms with Gasteiger partial charge in [0.05, 0.1) is 5.69 Å². The number of fused-ring (bicyclic) bond motifs is 1. The van der Waals surface area contributed by atoms with Crippen LogP contribution in [0.4, 0.5) is 11.5 Å². The summed E-state index contributed by atoms with van der Waals surface area (Å²) in [6.07, 6.45) is 3.15. The first-order chi connectivity index (χ1) is 5.29. The molecular formula is C7H7N4+. The topological polar surface area (TPSA) is 41.1 Å². The van der Waals surface area contributed by atoms with Crippen LogP contribution in [-0.4, -0.2) is 27.6 Å². The molecule has 2 rings (SSSR count). The predicted molar refractivity (Wildman–Crippen MR) is 42.0 cm³/mol. The number of aryl methyl sites for hydroxylation is 1. The average Bonchev–Trinajstić information content (AvgIpc) is 2.35. The zero-order valence-corrected chi connectivity index (χ0v) is 6.15. The lowest BCUT2D eigenvalue weighted by molar-refractivity contribution is -0.282. The van der Waals surface area contributed by atoms with Gasteiger partial charge < -0.3 is 0 Å². The average molecular weight is 147 g/mol. The van der Waals surface area contributed by atoms with Crippen LogP contribution in [0.5, 0.6) is 0 Å². The molecule has 1 aliphatic rings. The third-order valence-corrected chi connectivity index (χ3v) is 1.58. The first kappa shape index (κ1) is 6.15. The maximum Gasteiger partial charge on any atom is 0.312 e. The number of hydrogen-bond donors (Lipinski definition) is 0. The summed E-state index contributed by atoms with van der Waals surface area (Å²) in [7, 11) is 0. The van der Waals surface area contributed by atoms with Gasteiger partial charge in [-0.15, -0.1) is 4.99 Å². The molecule has 4 heteroatoms. The Balaban J connectivity index is 2.74. The molecule has 0 amide bonds. The number of nitrogens with zero attached hydrogens (tertiary/aromatic N) is 4. The lowest BCUT2D eigenvalue weighted by Crippen LogP contribution is -1.95. The normalized spacial score (nSPS) is 13.7. The molecule has 1 aromatic rings. The molecule has 0 N–H and O–H groups in total. The van der Waals surface area contributed by atoms with E-state index < -0.39 is 0 Å². The van der Waals surface area contributed by atoms with Crippen molar-refractivity contribution >= 4 is 24.6 Å². The van der Waals surface area contributed by atoms with Crippen LogP contribution < -0.4 is 0 Å². The van der Waals surface area contributed by atoms with Crippen LogP contribution in [-0.2, 0) is 0 Å². The first-order valence-electron chi connectivity index (χ1n) is 3.24. The molecule has 2 heterocycles. The standard InChI is InChI=1S/C7H7N4/c1-5-6-7(9-3-8-5)11(2)4-10-6/h3-4H,2H2,1H3/q+1. The molecule has 0 saturated carbocycles. The van der Waals surface area contributed by atoms with Gasteiger partial charge in [-0.1, -0.05) is 4.98 Å². The molecule has 0 radical (unpaired) electrons. The third kappa shape index (κ3) is 0.756. The molecule has 1 aromatic heterocycles. The summed E-state index contributed by atoms with van der Waals surface area (Å²) < 4.78 is 1.63. The summed E-state index contributed by atoms with van der Waals surface area (Å²) in [5.74, 6) is 0.775. The molecule has 54 valence electrons. The van der Waals surface area contributed by atoms with E-state index in [9.17, 15) is 0 Å². The van der Waals surface area contributed by atoms with Crippen molar-refractivity contribution in [2.75, 3.05) is 0 Å². The molecule has 0 aliphatic carbocycles. The lowest BCUT2D eigenvalue weighted by atomic mass is 10.3. The third-order valence-electron chi connectivity index (χ3n) is 1.58. The van der Waals surface area contributed by atoms with Crippen LogP contribution in [0.3, 0.4) is 0 Å². The van der Waals surface area contributed by atoms with Gasteiger partial charge in [-0.25, -0.2) is 9.56 Å². The fraction of sp³-hybridized carbons (Fsp3) is 0.143. The Kier molecular flexibility index (Phi) is 1.09. The Morgan fingerprint density at radius 1 is 1.45 bits per heavy atom. The second-order valence-electron chi connectivity index (χ2n) is 2.35. The van der Waals surface area contributed by atoms with E-state index in [-0.39, 0.29) is 0 Å². The monoisotopic (exact) mass is 147 g/mol. The summed E-state index contributed by atoms with van der Waals surface area (Å²) in [6.45, 7) is 5.61. The summed E-state index contributed by atoms with van der Waals surface area (Å²) in [5.41, 5.74) is 1.71. The van der Waals surface area contributed by atoms with E-state index in [4.69, 9.17) is 0 Å². The Bertz CT molecular complexity index is 353. The molecule has 1 aliphatic heterocycles. The SMILES string of the molecule is C=[N+]1C=Nc2c(C)ncnc21. The molecule has 0 fully saturated rings. The van der Waals surface area contributed by atoms with Crippen molar-refractivity contribution in [3.05, 3.63) is 12.0 Å². The summed E-state index contributed by atoms with van der Waals surface area (Å²) in [6, 6.07) is 0.